The number of rotatable bonds is 4. The fourth-order valence-corrected chi connectivity index (χ4v) is 1.76. The number of nitrogens with two attached hydrogens (primary N) is 1. The minimum atomic E-state index is -4.30. The second-order valence-electron chi connectivity index (χ2n) is 4.22. The highest BCUT2D eigenvalue weighted by Crippen LogP contribution is 2.23. The van der Waals surface area contributed by atoms with Gasteiger partial charge in [0.2, 0.25) is 5.88 Å². The van der Waals surface area contributed by atoms with E-state index in [0.29, 0.717) is 16.5 Å². The zero-order valence-corrected chi connectivity index (χ0v) is 10.8. The molecule has 112 valence electrons. The van der Waals surface area contributed by atoms with Gasteiger partial charge >= 0.3 is 6.18 Å². The van der Waals surface area contributed by atoms with Gasteiger partial charge in [-0.3, -0.25) is 0 Å². The zero-order chi connectivity index (χ0) is 15.5. The monoisotopic (exact) mass is 299 g/mol. The van der Waals surface area contributed by atoms with Crippen LogP contribution in [0.15, 0.2) is 35.5 Å². The van der Waals surface area contributed by atoms with Crippen molar-refractivity contribution in [2.45, 2.75) is 12.6 Å². The highest BCUT2D eigenvalue weighted by Gasteiger charge is 2.27. The molecule has 0 unspecified atom stereocenters. The van der Waals surface area contributed by atoms with Crippen molar-refractivity contribution in [1.82, 2.24) is 4.98 Å². The van der Waals surface area contributed by atoms with Gasteiger partial charge in [0, 0.05) is 17.0 Å². The lowest BCUT2D eigenvalue weighted by molar-refractivity contribution is -0.139. The fourth-order valence-electron chi connectivity index (χ4n) is 1.76. The van der Waals surface area contributed by atoms with Crippen molar-refractivity contribution in [3.05, 3.63) is 35.9 Å². The lowest BCUT2D eigenvalue weighted by Crippen LogP contribution is -2.16. The molecule has 0 amide bonds. The van der Waals surface area contributed by atoms with Gasteiger partial charge in [-0.15, -0.1) is 0 Å². The third-order valence-corrected chi connectivity index (χ3v) is 2.71. The Morgan fingerprint density at radius 1 is 1.33 bits per heavy atom. The molecule has 0 spiro atoms. The molecule has 0 fully saturated rings. The standard InChI is InChI=1S/C13H12F3N3O2/c14-13(15,16)5-6-21-11-7-9(12(17)19-20)8-3-1-2-4-10(8)18-11/h1-4,7,20H,5-6H2,(H2,17,19). The van der Waals surface area contributed by atoms with E-state index in [-0.39, 0.29) is 11.7 Å². The minimum Gasteiger partial charge on any atom is -0.477 e. The van der Waals surface area contributed by atoms with Crippen molar-refractivity contribution >= 4 is 16.7 Å². The Balaban J connectivity index is 2.33. The van der Waals surface area contributed by atoms with E-state index < -0.39 is 19.2 Å². The van der Waals surface area contributed by atoms with E-state index in [0.717, 1.165) is 0 Å². The molecule has 5 nitrogen and oxygen atoms in total. The van der Waals surface area contributed by atoms with Crippen LogP contribution in [0, 0.1) is 0 Å². The minimum absolute atomic E-state index is 0.0143. The number of aromatic nitrogens is 1. The summed E-state index contributed by atoms with van der Waals surface area (Å²) in [5, 5.41) is 12.3. The molecule has 8 heteroatoms. The van der Waals surface area contributed by atoms with E-state index in [9.17, 15) is 13.2 Å². The molecule has 0 saturated heterocycles. The van der Waals surface area contributed by atoms with Crippen molar-refractivity contribution < 1.29 is 23.1 Å². The largest absolute Gasteiger partial charge is 0.477 e. The maximum absolute atomic E-state index is 12.1. The molecule has 3 N–H and O–H groups in total. The van der Waals surface area contributed by atoms with Crippen molar-refractivity contribution in [1.29, 1.82) is 0 Å². The fraction of sp³-hybridized carbons (Fsp3) is 0.231. The Morgan fingerprint density at radius 3 is 2.71 bits per heavy atom. The summed E-state index contributed by atoms with van der Waals surface area (Å²) in [7, 11) is 0. The van der Waals surface area contributed by atoms with Gasteiger partial charge in [-0.1, -0.05) is 23.4 Å². The van der Waals surface area contributed by atoms with Gasteiger partial charge in [-0.2, -0.15) is 13.2 Å². The summed E-state index contributed by atoms with van der Waals surface area (Å²) in [6, 6.07) is 8.15. The van der Waals surface area contributed by atoms with Gasteiger partial charge in [0.05, 0.1) is 18.5 Å². The van der Waals surface area contributed by atoms with Crippen LogP contribution in [0.2, 0.25) is 0 Å². The Labute approximate surface area is 117 Å². The van der Waals surface area contributed by atoms with Gasteiger partial charge in [-0.05, 0) is 6.07 Å². The van der Waals surface area contributed by atoms with Crippen LogP contribution in [0.3, 0.4) is 0 Å². The van der Waals surface area contributed by atoms with E-state index >= 15 is 0 Å². The molecule has 1 aromatic carbocycles. The number of benzene rings is 1. The first-order valence-corrected chi connectivity index (χ1v) is 5.98. The number of oxime groups is 1. The molecule has 0 aliphatic carbocycles. The average molecular weight is 299 g/mol. The second kappa shape index (κ2) is 5.86. The number of pyridine rings is 1. The van der Waals surface area contributed by atoms with Gasteiger partial charge in [-0.25, -0.2) is 4.98 Å². The number of para-hydroxylation sites is 1. The van der Waals surface area contributed by atoms with Crippen LogP contribution in [0.1, 0.15) is 12.0 Å². The van der Waals surface area contributed by atoms with Crippen molar-refractivity contribution in [2.75, 3.05) is 6.61 Å². The van der Waals surface area contributed by atoms with Gasteiger partial charge in [0.1, 0.15) is 0 Å². The van der Waals surface area contributed by atoms with Crippen LogP contribution in [-0.2, 0) is 0 Å². The summed E-state index contributed by atoms with van der Waals surface area (Å²) in [5.41, 5.74) is 6.38. The number of hydrogen-bond donors (Lipinski definition) is 2. The molecule has 0 aliphatic rings. The summed E-state index contributed by atoms with van der Waals surface area (Å²) < 4.78 is 41.3. The predicted octanol–water partition coefficient (Wildman–Crippen LogP) is 2.66. The number of amidine groups is 1. The van der Waals surface area contributed by atoms with Crippen LogP contribution in [0.4, 0.5) is 13.2 Å². The summed E-state index contributed by atoms with van der Waals surface area (Å²) in [5.74, 6) is -0.186. The molecule has 1 aromatic heterocycles. The second-order valence-corrected chi connectivity index (χ2v) is 4.22. The Bertz CT molecular complexity index is 671. The van der Waals surface area contributed by atoms with Gasteiger partial charge < -0.3 is 15.7 Å². The van der Waals surface area contributed by atoms with Crippen LogP contribution in [-0.4, -0.2) is 28.8 Å². The predicted molar refractivity (Wildman–Crippen MR) is 70.4 cm³/mol. The number of ether oxygens (including phenoxy) is 1. The molecule has 0 aliphatic heterocycles. The third kappa shape index (κ3) is 3.74. The quantitative estimate of drug-likeness (QED) is 0.393. The van der Waals surface area contributed by atoms with Crippen LogP contribution >= 0.6 is 0 Å². The van der Waals surface area contributed by atoms with Crippen LogP contribution in [0.5, 0.6) is 5.88 Å². The maximum atomic E-state index is 12.1. The molecule has 1 heterocycles. The molecule has 0 atom stereocenters. The molecular weight excluding hydrogens is 287 g/mol. The lowest BCUT2D eigenvalue weighted by atomic mass is 10.1. The molecule has 2 rings (SSSR count). The number of hydrogen-bond acceptors (Lipinski definition) is 4. The molecule has 21 heavy (non-hydrogen) atoms. The summed E-state index contributed by atoms with van der Waals surface area (Å²) in [4.78, 5) is 4.09. The average Bonchev–Trinajstić information content (AvgIpc) is 2.44. The van der Waals surface area contributed by atoms with E-state index in [2.05, 4.69) is 10.1 Å². The number of halogens is 3. The maximum Gasteiger partial charge on any atom is 0.392 e. The van der Waals surface area contributed by atoms with Crippen molar-refractivity contribution in [3.63, 3.8) is 0 Å². The van der Waals surface area contributed by atoms with E-state index in [1.54, 1.807) is 24.3 Å². The first-order chi connectivity index (χ1) is 9.90. The Kier molecular flexibility index (Phi) is 4.15. The highest BCUT2D eigenvalue weighted by molar-refractivity contribution is 6.08. The van der Waals surface area contributed by atoms with Gasteiger partial charge in [0.15, 0.2) is 5.84 Å². The van der Waals surface area contributed by atoms with Crippen LogP contribution < -0.4 is 10.5 Å². The van der Waals surface area contributed by atoms with Crippen LogP contribution in [0.25, 0.3) is 10.9 Å². The topological polar surface area (TPSA) is 80.7 Å². The van der Waals surface area contributed by atoms with Gasteiger partial charge in [0.25, 0.3) is 0 Å². The number of alkyl halides is 3. The number of nitrogens with zero attached hydrogens (tertiary/aromatic N) is 2. The summed E-state index contributed by atoms with van der Waals surface area (Å²) in [6.07, 6.45) is -5.38. The summed E-state index contributed by atoms with van der Waals surface area (Å²) in [6.45, 7) is -0.551. The Morgan fingerprint density at radius 2 is 2.05 bits per heavy atom. The molecule has 0 radical (unpaired) electrons. The molecular formula is C13H12F3N3O2. The molecule has 0 saturated carbocycles. The zero-order valence-electron chi connectivity index (χ0n) is 10.8. The first-order valence-electron chi connectivity index (χ1n) is 5.98. The van der Waals surface area contributed by atoms with E-state index in [1.165, 1.54) is 6.07 Å². The molecule has 0 bridgehead atoms. The van der Waals surface area contributed by atoms with E-state index in [4.69, 9.17) is 15.7 Å². The third-order valence-electron chi connectivity index (χ3n) is 2.71. The normalized spacial score (nSPS) is 12.6. The summed E-state index contributed by atoms with van der Waals surface area (Å²) >= 11 is 0. The molecule has 2 aromatic rings. The van der Waals surface area contributed by atoms with Crippen molar-refractivity contribution in [2.24, 2.45) is 10.9 Å². The van der Waals surface area contributed by atoms with E-state index in [1.807, 2.05) is 0 Å². The Hall–Kier alpha value is -2.51. The lowest BCUT2D eigenvalue weighted by Gasteiger charge is -2.11. The SMILES string of the molecule is N/C(=N/O)c1cc(OCCC(F)(F)F)nc2ccccc12. The smallest absolute Gasteiger partial charge is 0.392 e. The van der Waals surface area contributed by atoms with Crippen molar-refractivity contribution in [3.8, 4) is 5.88 Å². The highest BCUT2D eigenvalue weighted by atomic mass is 19.4. The number of fused-ring (bicyclic) bond motifs is 1. The first kappa shape index (κ1) is 14.9.